The highest BCUT2D eigenvalue weighted by Gasteiger charge is 2.42. The quantitative estimate of drug-likeness (QED) is 0.486. The first-order valence-electron chi connectivity index (χ1n) is 10.0. The van der Waals surface area contributed by atoms with Gasteiger partial charge in [-0.3, -0.25) is 4.79 Å². The molecule has 0 radical (unpaired) electrons. The Kier molecular flexibility index (Phi) is 6.19. The van der Waals surface area contributed by atoms with Crippen LogP contribution in [0.3, 0.4) is 0 Å². The van der Waals surface area contributed by atoms with Gasteiger partial charge >= 0.3 is 18.3 Å². The minimum absolute atomic E-state index is 0.0657. The van der Waals surface area contributed by atoms with Crippen molar-refractivity contribution in [1.29, 1.82) is 0 Å². The molecule has 0 aliphatic heterocycles. The Morgan fingerprint density at radius 2 is 1.28 bits per heavy atom. The fraction of sp³-hybridized carbons (Fsp3) is 0.375. The topological polar surface area (TPSA) is 37.3 Å². The van der Waals surface area contributed by atoms with Crippen molar-refractivity contribution in [2.45, 2.75) is 45.5 Å². The van der Waals surface area contributed by atoms with Crippen LogP contribution in [0.15, 0.2) is 54.1 Å². The van der Waals surface area contributed by atoms with Gasteiger partial charge in [0, 0.05) is 6.42 Å². The smallest absolute Gasteiger partial charge is 0.416 e. The Morgan fingerprint density at radius 1 is 0.875 bits per heavy atom. The van der Waals surface area contributed by atoms with Gasteiger partial charge in [-0.25, -0.2) is 0 Å². The third-order valence-electron chi connectivity index (χ3n) is 6.27. The standard InChI is InChI=1S/C24H22F6O2/c1-22(2)18(13-20(31)32)11-12-19(22)21(14-3-7-16(8-4-14)23(25,26)27)15-5-9-17(10-6-15)24(28,29)30/h3-10,18H,11-13H2,1-2H3,(H,31,32)/t18-/m1/s1. The van der Waals surface area contributed by atoms with Crippen LogP contribution in [0.5, 0.6) is 0 Å². The highest BCUT2D eigenvalue weighted by Crippen LogP contribution is 2.52. The third-order valence-corrected chi connectivity index (χ3v) is 6.27. The van der Waals surface area contributed by atoms with E-state index in [1.165, 1.54) is 24.3 Å². The molecule has 2 nitrogen and oxygen atoms in total. The Bertz CT molecular complexity index is 953. The number of allylic oxidation sites excluding steroid dienone is 1. The van der Waals surface area contributed by atoms with Gasteiger partial charge in [0.2, 0.25) is 0 Å². The van der Waals surface area contributed by atoms with Crippen LogP contribution in [-0.2, 0) is 17.1 Å². The summed E-state index contributed by atoms with van der Waals surface area (Å²) < 4.78 is 78.1. The largest absolute Gasteiger partial charge is 0.481 e. The van der Waals surface area contributed by atoms with Crippen LogP contribution in [0.1, 0.15) is 55.4 Å². The number of aliphatic carboxylic acids is 1. The van der Waals surface area contributed by atoms with Gasteiger partial charge in [-0.15, -0.1) is 0 Å². The fourth-order valence-corrected chi connectivity index (χ4v) is 4.43. The second-order valence-electron chi connectivity index (χ2n) is 8.56. The number of carbonyl (C=O) groups is 1. The molecule has 1 aliphatic carbocycles. The molecular formula is C24H22F6O2. The fourth-order valence-electron chi connectivity index (χ4n) is 4.43. The average molecular weight is 456 g/mol. The second-order valence-corrected chi connectivity index (χ2v) is 8.56. The summed E-state index contributed by atoms with van der Waals surface area (Å²) in [6.07, 6.45) is -8.02. The Balaban J connectivity index is 2.16. The number of alkyl halides is 6. The van der Waals surface area contributed by atoms with Crippen LogP contribution in [0.2, 0.25) is 0 Å². The maximum Gasteiger partial charge on any atom is 0.416 e. The molecule has 172 valence electrons. The van der Waals surface area contributed by atoms with E-state index in [4.69, 9.17) is 0 Å². The van der Waals surface area contributed by atoms with E-state index in [0.29, 0.717) is 29.5 Å². The zero-order valence-electron chi connectivity index (χ0n) is 17.4. The summed E-state index contributed by atoms with van der Waals surface area (Å²) in [7, 11) is 0. The van der Waals surface area contributed by atoms with Crippen molar-refractivity contribution in [2.24, 2.45) is 11.3 Å². The molecule has 0 heterocycles. The molecule has 2 aromatic carbocycles. The lowest BCUT2D eigenvalue weighted by Crippen LogP contribution is -2.23. The molecule has 32 heavy (non-hydrogen) atoms. The zero-order valence-corrected chi connectivity index (χ0v) is 17.4. The molecule has 3 rings (SSSR count). The molecule has 1 fully saturated rings. The lowest BCUT2D eigenvalue weighted by molar-refractivity contribution is -0.139. The maximum absolute atomic E-state index is 13.0. The molecular weight excluding hydrogens is 434 g/mol. The predicted octanol–water partition coefficient (Wildman–Crippen LogP) is 7.44. The van der Waals surface area contributed by atoms with Crippen LogP contribution < -0.4 is 0 Å². The first-order valence-corrected chi connectivity index (χ1v) is 10.0. The van der Waals surface area contributed by atoms with Crippen LogP contribution in [0.25, 0.3) is 5.57 Å². The van der Waals surface area contributed by atoms with Crippen molar-refractivity contribution in [1.82, 2.24) is 0 Å². The summed E-state index contributed by atoms with van der Waals surface area (Å²) >= 11 is 0. The molecule has 0 bridgehead atoms. The number of hydrogen-bond donors (Lipinski definition) is 1. The second kappa shape index (κ2) is 8.30. The van der Waals surface area contributed by atoms with Crippen LogP contribution in [0, 0.1) is 11.3 Å². The zero-order chi connectivity index (χ0) is 23.9. The number of benzene rings is 2. The van der Waals surface area contributed by atoms with Crippen molar-refractivity contribution in [3.05, 3.63) is 76.4 Å². The number of carboxylic acids is 1. The summed E-state index contributed by atoms with van der Waals surface area (Å²) in [5.74, 6) is -1.15. The van der Waals surface area contributed by atoms with Crippen molar-refractivity contribution in [3.8, 4) is 0 Å². The van der Waals surface area contributed by atoms with E-state index in [-0.39, 0.29) is 12.3 Å². The molecule has 0 amide bonds. The predicted molar refractivity (Wildman–Crippen MR) is 108 cm³/mol. The van der Waals surface area contributed by atoms with Crippen LogP contribution in [-0.4, -0.2) is 11.1 Å². The first-order chi connectivity index (χ1) is 14.7. The molecule has 0 spiro atoms. The van der Waals surface area contributed by atoms with E-state index in [1.54, 1.807) is 0 Å². The van der Waals surface area contributed by atoms with Crippen LogP contribution in [0.4, 0.5) is 26.3 Å². The van der Waals surface area contributed by atoms with Gasteiger partial charge in [0.1, 0.15) is 0 Å². The summed E-state index contributed by atoms with van der Waals surface area (Å²) in [5, 5.41) is 9.25. The normalized spacial score (nSPS) is 18.6. The van der Waals surface area contributed by atoms with E-state index in [2.05, 4.69) is 0 Å². The van der Waals surface area contributed by atoms with Gasteiger partial charge in [-0.05, 0) is 65.1 Å². The van der Waals surface area contributed by atoms with Gasteiger partial charge < -0.3 is 5.11 Å². The summed E-state index contributed by atoms with van der Waals surface area (Å²) in [5.41, 5.74) is 0.00110. The molecule has 8 heteroatoms. The van der Waals surface area contributed by atoms with E-state index in [1.807, 2.05) is 13.8 Å². The summed E-state index contributed by atoms with van der Waals surface area (Å²) in [6.45, 7) is 3.74. The number of carboxylic acid groups (broad SMARTS) is 1. The van der Waals surface area contributed by atoms with E-state index < -0.39 is 34.9 Å². The average Bonchev–Trinajstić information content (AvgIpc) is 2.95. The lowest BCUT2D eigenvalue weighted by Gasteiger charge is -2.30. The lowest BCUT2D eigenvalue weighted by atomic mass is 9.74. The van der Waals surface area contributed by atoms with Gasteiger partial charge in [0.15, 0.2) is 0 Å². The SMILES string of the molecule is CC1(C)C(=C(c2ccc(C(F)(F)F)cc2)c2ccc(C(F)(F)F)cc2)CC[C@@H]1CC(=O)O. The molecule has 0 saturated heterocycles. The van der Waals surface area contributed by atoms with Crippen LogP contribution >= 0.6 is 0 Å². The van der Waals surface area contributed by atoms with E-state index in [0.717, 1.165) is 29.8 Å². The van der Waals surface area contributed by atoms with Gasteiger partial charge in [0.25, 0.3) is 0 Å². The Hall–Kier alpha value is -2.77. The van der Waals surface area contributed by atoms with Gasteiger partial charge in [-0.2, -0.15) is 26.3 Å². The monoisotopic (exact) mass is 456 g/mol. The van der Waals surface area contributed by atoms with Gasteiger partial charge in [0.05, 0.1) is 11.1 Å². The number of rotatable bonds is 4. The number of hydrogen-bond acceptors (Lipinski definition) is 1. The molecule has 1 N–H and O–H groups in total. The van der Waals surface area contributed by atoms with E-state index in [9.17, 15) is 36.2 Å². The highest BCUT2D eigenvalue weighted by atomic mass is 19.4. The first kappa shape index (κ1) is 23.9. The van der Waals surface area contributed by atoms with Crippen molar-refractivity contribution in [2.75, 3.05) is 0 Å². The van der Waals surface area contributed by atoms with Crippen molar-refractivity contribution in [3.63, 3.8) is 0 Å². The summed E-state index contributed by atoms with van der Waals surface area (Å²) in [6, 6.07) is 9.00. The van der Waals surface area contributed by atoms with Crippen molar-refractivity contribution >= 4 is 11.5 Å². The Labute approximate surface area is 181 Å². The molecule has 1 saturated carbocycles. The molecule has 0 unspecified atom stereocenters. The molecule has 0 aromatic heterocycles. The Morgan fingerprint density at radius 3 is 1.62 bits per heavy atom. The maximum atomic E-state index is 13.0. The molecule has 1 aliphatic rings. The highest BCUT2D eigenvalue weighted by molar-refractivity contribution is 5.83. The van der Waals surface area contributed by atoms with Crippen molar-refractivity contribution < 1.29 is 36.2 Å². The molecule has 1 atom stereocenters. The number of halogens is 6. The van der Waals surface area contributed by atoms with Gasteiger partial charge in [-0.1, -0.05) is 43.7 Å². The summed E-state index contributed by atoms with van der Waals surface area (Å²) in [4.78, 5) is 11.3. The van der Waals surface area contributed by atoms with E-state index >= 15 is 0 Å². The minimum Gasteiger partial charge on any atom is -0.481 e. The minimum atomic E-state index is -4.51. The third kappa shape index (κ3) is 4.84. The molecule has 2 aromatic rings.